The van der Waals surface area contributed by atoms with Gasteiger partial charge in [0.1, 0.15) is 5.82 Å². The van der Waals surface area contributed by atoms with Crippen molar-refractivity contribution >= 4 is 12.0 Å². The molecular formula is C17H15F2NO2. The lowest BCUT2D eigenvalue weighted by Gasteiger charge is -2.04. The normalized spacial score (nSPS) is 10.7. The standard InChI is InChI=1S/C17H15F2NO2/c1-22-16-8-6-12(10-15(16)19)7-9-17(21)20-11-13-4-2-3-5-14(13)18/h2-10H,11H2,1H3,(H,20,21)/b9-7+. The van der Waals surface area contributed by atoms with E-state index in [9.17, 15) is 13.6 Å². The van der Waals surface area contributed by atoms with Gasteiger partial charge in [0.2, 0.25) is 5.91 Å². The Labute approximate surface area is 127 Å². The highest BCUT2D eigenvalue weighted by Crippen LogP contribution is 2.18. The van der Waals surface area contributed by atoms with Crippen LogP contribution < -0.4 is 10.1 Å². The Hall–Kier alpha value is -2.69. The van der Waals surface area contributed by atoms with Crippen LogP contribution in [0.25, 0.3) is 6.08 Å². The minimum Gasteiger partial charge on any atom is -0.494 e. The summed E-state index contributed by atoms with van der Waals surface area (Å²) in [7, 11) is 1.38. The molecule has 22 heavy (non-hydrogen) atoms. The predicted molar refractivity (Wildman–Crippen MR) is 80.2 cm³/mol. The molecule has 0 aromatic heterocycles. The van der Waals surface area contributed by atoms with E-state index in [1.54, 1.807) is 24.3 Å². The fraction of sp³-hybridized carbons (Fsp3) is 0.118. The van der Waals surface area contributed by atoms with Crippen molar-refractivity contribution in [1.82, 2.24) is 5.32 Å². The number of rotatable bonds is 5. The number of amides is 1. The number of nitrogens with one attached hydrogen (secondary N) is 1. The lowest BCUT2D eigenvalue weighted by molar-refractivity contribution is -0.116. The van der Waals surface area contributed by atoms with Gasteiger partial charge >= 0.3 is 0 Å². The van der Waals surface area contributed by atoms with E-state index >= 15 is 0 Å². The number of methoxy groups -OCH3 is 1. The minimum absolute atomic E-state index is 0.0901. The van der Waals surface area contributed by atoms with Crippen LogP contribution in [0.2, 0.25) is 0 Å². The molecule has 0 saturated carbocycles. The molecule has 1 amide bonds. The van der Waals surface area contributed by atoms with Gasteiger partial charge in [0.25, 0.3) is 0 Å². The summed E-state index contributed by atoms with van der Waals surface area (Å²) in [5.74, 6) is -1.12. The van der Waals surface area contributed by atoms with Crippen LogP contribution in [-0.4, -0.2) is 13.0 Å². The molecule has 0 radical (unpaired) electrons. The topological polar surface area (TPSA) is 38.3 Å². The van der Waals surface area contributed by atoms with Crippen LogP contribution in [0.15, 0.2) is 48.5 Å². The zero-order chi connectivity index (χ0) is 15.9. The van der Waals surface area contributed by atoms with Crippen molar-refractivity contribution in [3.8, 4) is 5.75 Å². The first-order valence-electron chi connectivity index (χ1n) is 6.63. The first kappa shape index (κ1) is 15.7. The molecule has 114 valence electrons. The quantitative estimate of drug-likeness (QED) is 0.861. The monoisotopic (exact) mass is 303 g/mol. The SMILES string of the molecule is COc1ccc(/C=C/C(=O)NCc2ccccc2F)cc1F. The van der Waals surface area contributed by atoms with Gasteiger partial charge in [-0.05, 0) is 29.8 Å². The Morgan fingerprint density at radius 1 is 1.18 bits per heavy atom. The number of hydrogen-bond donors (Lipinski definition) is 1. The molecule has 5 heteroatoms. The second-order valence-electron chi connectivity index (χ2n) is 4.54. The zero-order valence-electron chi connectivity index (χ0n) is 12.0. The average molecular weight is 303 g/mol. The summed E-state index contributed by atoms with van der Waals surface area (Å²) < 4.78 is 31.7. The second-order valence-corrected chi connectivity index (χ2v) is 4.54. The number of ether oxygens (including phenoxy) is 1. The first-order valence-corrected chi connectivity index (χ1v) is 6.63. The maximum Gasteiger partial charge on any atom is 0.244 e. The van der Waals surface area contributed by atoms with Crippen molar-refractivity contribution in [3.05, 3.63) is 71.3 Å². The Kier molecular flexibility index (Phi) is 5.25. The molecule has 3 nitrogen and oxygen atoms in total. The third-order valence-electron chi connectivity index (χ3n) is 3.01. The van der Waals surface area contributed by atoms with Crippen LogP contribution in [0.1, 0.15) is 11.1 Å². The maximum absolute atomic E-state index is 13.5. The summed E-state index contributed by atoms with van der Waals surface area (Å²) in [5, 5.41) is 2.56. The molecule has 0 unspecified atom stereocenters. The number of benzene rings is 2. The largest absolute Gasteiger partial charge is 0.494 e. The molecule has 1 N–H and O–H groups in total. The van der Waals surface area contributed by atoms with Crippen molar-refractivity contribution in [2.75, 3.05) is 7.11 Å². The van der Waals surface area contributed by atoms with Gasteiger partial charge in [-0.2, -0.15) is 0 Å². The maximum atomic E-state index is 13.5. The average Bonchev–Trinajstić information content (AvgIpc) is 2.52. The van der Waals surface area contributed by atoms with Gasteiger partial charge in [-0.15, -0.1) is 0 Å². The Balaban J connectivity index is 1.94. The van der Waals surface area contributed by atoms with Crippen LogP contribution >= 0.6 is 0 Å². The summed E-state index contributed by atoms with van der Waals surface area (Å²) in [6, 6.07) is 10.6. The molecule has 0 atom stereocenters. The fourth-order valence-electron chi connectivity index (χ4n) is 1.84. The molecule has 2 rings (SSSR count). The molecule has 0 heterocycles. The molecule has 0 saturated heterocycles. The molecule has 0 aliphatic rings. The number of carbonyl (C=O) groups is 1. The van der Waals surface area contributed by atoms with Crippen molar-refractivity contribution in [3.63, 3.8) is 0 Å². The number of carbonyl (C=O) groups excluding carboxylic acids is 1. The lowest BCUT2D eigenvalue weighted by Crippen LogP contribution is -2.20. The molecule has 0 bridgehead atoms. The van der Waals surface area contributed by atoms with Gasteiger partial charge in [0.15, 0.2) is 11.6 Å². The van der Waals surface area contributed by atoms with Crippen LogP contribution in [0, 0.1) is 11.6 Å². The molecule has 0 aliphatic carbocycles. The predicted octanol–water partition coefficient (Wildman–Crippen LogP) is 3.30. The highest BCUT2D eigenvalue weighted by molar-refractivity contribution is 5.91. The van der Waals surface area contributed by atoms with Crippen LogP contribution in [0.5, 0.6) is 5.75 Å². The molecule has 0 fully saturated rings. The van der Waals surface area contributed by atoms with Crippen LogP contribution in [0.4, 0.5) is 8.78 Å². The fourth-order valence-corrected chi connectivity index (χ4v) is 1.84. The van der Waals surface area contributed by atoms with Crippen molar-refractivity contribution < 1.29 is 18.3 Å². The Morgan fingerprint density at radius 3 is 2.64 bits per heavy atom. The minimum atomic E-state index is -0.503. The summed E-state index contributed by atoms with van der Waals surface area (Å²) in [5.41, 5.74) is 0.930. The summed E-state index contributed by atoms with van der Waals surface area (Å²) in [6.07, 6.45) is 2.74. The van der Waals surface area contributed by atoms with E-state index < -0.39 is 5.82 Å². The van der Waals surface area contributed by atoms with E-state index in [1.165, 1.54) is 37.5 Å². The van der Waals surface area contributed by atoms with Crippen molar-refractivity contribution in [2.24, 2.45) is 0 Å². The van der Waals surface area contributed by atoms with Gasteiger partial charge in [-0.3, -0.25) is 4.79 Å². The molecule has 2 aromatic rings. The third-order valence-corrected chi connectivity index (χ3v) is 3.01. The Bertz CT molecular complexity index is 699. The Morgan fingerprint density at radius 2 is 1.95 bits per heavy atom. The summed E-state index contributed by atoms with van der Waals surface area (Å²) in [6.45, 7) is 0.0901. The number of halogens is 2. The van der Waals surface area contributed by atoms with Gasteiger partial charge < -0.3 is 10.1 Å². The van der Waals surface area contributed by atoms with Crippen molar-refractivity contribution in [2.45, 2.75) is 6.54 Å². The van der Waals surface area contributed by atoms with Crippen LogP contribution in [-0.2, 0) is 11.3 Å². The second kappa shape index (κ2) is 7.36. The van der Waals surface area contributed by atoms with E-state index in [4.69, 9.17) is 4.74 Å². The highest BCUT2D eigenvalue weighted by atomic mass is 19.1. The summed E-state index contributed by atoms with van der Waals surface area (Å²) in [4.78, 5) is 11.7. The molecule has 2 aromatic carbocycles. The van der Waals surface area contributed by atoms with Gasteiger partial charge in [-0.25, -0.2) is 8.78 Å². The summed E-state index contributed by atoms with van der Waals surface area (Å²) >= 11 is 0. The van der Waals surface area contributed by atoms with Gasteiger partial charge in [0.05, 0.1) is 7.11 Å². The van der Waals surface area contributed by atoms with E-state index in [-0.39, 0.29) is 24.0 Å². The van der Waals surface area contributed by atoms with E-state index in [0.29, 0.717) is 11.1 Å². The van der Waals surface area contributed by atoms with Gasteiger partial charge in [0, 0.05) is 18.2 Å². The molecule has 0 aliphatic heterocycles. The molecule has 0 spiro atoms. The van der Waals surface area contributed by atoms with E-state index in [2.05, 4.69) is 5.32 Å². The first-order chi connectivity index (χ1) is 10.6. The van der Waals surface area contributed by atoms with Crippen LogP contribution in [0.3, 0.4) is 0 Å². The zero-order valence-corrected chi connectivity index (χ0v) is 12.0. The third kappa shape index (κ3) is 4.15. The highest BCUT2D eigenvalue weighted by Gasteiger charge is 2.03. The van der Waals surface area contributed by atoms with E-state index in [0.717, 1.165) is 0 Å². The van der Waals surface area contributed by atoms with E-state index in [1.807, 2.05) is 0 Å². The smallest absolute Gasteiger partial charge is 0.244 e. The molecular weight excluding hydrogens is 288 g/mol. The van der Waals surface area contributed by atoms with Gasteiger partial charge in [-0.1, -0.05) is 24.3 Å². The lowest BCUT2D eigenvalue weighted by atomic mass is 10.2. The number of hydrogen-bond acceptors (Lipinski definition) is 2. The van der Waals surface area contributed by atoms with Crippen molar-refractivity contribution in [1.29, 1.82) is 0 Å².